The lowest BCUT2D eigenvalue weighted by molar-refractivity contribution is -0.160. The second kappa shape index (κ2) is 11.3. The highest BCUT2D eigenvalue weighted by Crippen LogP contribution is 2.10. The van der Waals surface area contributed by atoms with Gasteiger partial charge in [-0.2, -0.15) is 11.8 Å². The highest BCUT2D eigenvalue weighted by atomic mass is 32.2. The summed E-state index contributed by atoms with van der Waals surface area (Å²) in [6.45, 7) is 1.73. The van der Waals surface area contributed by atoms with E-state index in [1.165, 1.54) is 18.7 Å². The number of ether oxygens (including phenoxy) is 2. The average molecular weight is 423 g/mol. The van der Waals surface area contributed by atoms with E-state index < -0.39 is 36.0 Å². The van der Waals surface area contributed by atoms with Gasteiger partial charge in [0.25, 0.3) is 11.8 Å². The van der Waals surface area contributed by atoms with Crippen LogP contribution in [0.15, 0.2) is 30.3 Å². The van der Waals surface area contributed by atoms with Crippen LogP contribution >= 0.6 is 11.8 Å². The molecule has 0 saturated carbocycles. The van der Waals surface area contributed by atoms with Crippen molar-refractivity contribution in [2.45, 2.75) is 25.5 Å². The van der Waals surface area contributed by atoms with E-state index in [4.69, 9.17) is 9.47 Å². The third kappa shape index (κ3) is 6.97. The fourth-order valence-electron chi connectivity index (χ4n) is 2.59. The van der Waals surface area contributed by atoms with Gasteiger partial charge in [-0.05, 0) is 37.5 Å². The van der Waals surface area contributed by atoms with E-state index in [1.54, 1.807) is 24.3 Å². The highest BCUT2D eigenvalue weighted by molar-refractivity contribution is 7.98. The van der Waals surface area contributed by atoms with Crippen molar-refractivity contribution in [2.24, 2.45) is 0 Å². The van der Waals surface area contributed by atoms with E-state index in [0.29, 0.717) is 24.5 Å². The lowest BCUT2D eigenvalue weighted by Gasteiger charge is -2.22. The number of esters is 1. The van der Waals surface area contributed by atoms with Gasteiger partial charge >= 0.3 is 12.0 Å². The van der Waals surface area contributed by atoms with Crippen LogP contribution in [-0.4, -0.2) is 72.6 Å². The molecule has 1 aromatic carbocycles. The SMILES string of the molecule is CSCC[C@@H](NC(=O)COc1ccccc1)C(=O)O[C@@H](C)C(=O)N1CCNC1=O. The van der Waals surface area contributed by atoms with Crippen molar-refractivity contribution in [2.75, 3.05) is 31.7 Å². The van der Waals surface area contributed by atoms with Crippen molar-refractivity contribution in [1.29, 1.82) is 0 Å². The van der Waals surface area contributed by atoms with Crippen LogP contribution in [-0.2, 0) is 19.1 Å². The Labute approximate surface area is 173 Å². The van der Waals surface area contributed by atoms with Crippen LogP contribution < -0.4 is 15.4 Å². The number of imide groups is 1. The molecule has 2 rings (SSSR count). The van der Waals surface area contributed by atoms with Crippen molar-refractivity contribution >= 4 is 35.6 Å². The van der Waals surface area contributed by atoms with Gasteiger partial charge in [0.05, 0.1) is 0 Å². The molecular formula is C19H25N3O6S. The zero-order chi connectivity index (χ0) is 21.2. The summed E-state index contributed by atoms with van der Waals surface area (Å²) in [6.07, 6.45) is 1.07. The highest BCUT2D eigenvalue weighted by Gasteiger charge is 2.33. The molecule has 1 aliphatic rings. The maximum atomic E-state index is 12.5. The van der Waals surface area contributed by atoms with Crippen molar-refractivity contribution in [1.82, 2.24) is 15.5 Å². The van der Waals surface area contributed by atoms with E-state index in [2.05, 4.69) is 10.6 Å². The molecule has 1 fully saturated rings. The maximum Gasteiger partial charge on any atom is 0.329 e. The van der Waals surface area contributed by atoms with Gasteiger partial charge in [0.2, 0.25) is 0 Å². The minimum Gasteiger partial charge on any atom is -0.484 e. The van der Waals surface area contributed by atoms with E-state index >= 15 is 0 Å². The molecule has 0 unspecified atom stereocenters. The van der Waals surface area contributed by atoms with Crippen molar-refractivity contribution < 1.29 is 28.7 Å². The van der Waals surface area contributed by atoms with E-state index in [1.807, 2.05) is 12.3 Å². The number of urea groups is 1. The Hall–Kier alpha value is -2.75. The number of benzene rings is 1. The van der Waals surface area contributed by atoms with E-state index in [0.717, 1.165) is 4.90 Å². The molecule has 9 nitrogen and oxygen atoms in total. The molecular weight excluding hydrogens is 398 g/mol. The fourth-order valence-corrected chi connectivity index (χ4v) is 3.07. The summed E-state index contributed by atoms with van der Waals surface area (Å²) in [7, 11) is 0. The Balaban J connectivity index is 1.89. The summed E-state index contributed by atoms with van der Waals surface area (Å²) in [6, 6.07) is 7.40. The number of thioether (sulfide) groups is 1. The molecule has 10 heteroatoms. The molecule has 158 valence electrons. The largest absolute Gasteiger partial charge is 0.484 e. The molecule has 1 saturated heterocycles. The molecule has 0 bridgehead atoms. The van der Waals surface area contributed by atoms with E-state index in [-0.39, 0.29) is 13.2 Å². The zero-order valence-electron chi connectivity index (χ0n) is 16.4. The summed E-state index contributed by atoms with van der Waals surface area (Å²) in [5.74, 6) is -0.664. The van der Waals surface area contributed by atoms with Gasteiger partial charge in [-0.3, -0.25) is 14.5 Å². The molecule has 1 heterocycles. The first kappa shape index (κ1) is 22.5. The van der Waals surface area contributed by atoms with Crippen LogP contribution in [0.1, 0.15) is 13.3 Å². The Morgan fingerprint density at radius 2 is 2.00 bits per heavy atom. The smallest absolute Gasteiger partial charge is 0.329 e. The fraction of sp³-hybridized carbons (Fsp3) is 0.474. The van der Waals surface area contributed by atoms with Crippen molar-refractivity contribution in [3.8, 4) is 5.75 Å². The third-order valence-corrected chi connectivity index (χ3v) is 4.75. The predicted octanol–water partition coefficient (Wildman–Crippen LogP) is 0.787. The lowest BCUT2D eigenvalue weighted by Crippen LogP contribution is -2.47. The number of nitrogens with zero attached hydrogens (tertiary/aromatic N) is 1. The van der Waals surface area contributed by atoms with Crippen molar-refractivity contribution in [3.05, 3.63) is 30.3 Å². The summed E-state index contributed by atoms with van der Waals surface area (Å²) < 4.78 is 10.6. The quantitative estimate of drug-likeness (QED) is 0.535. The Morgan fingerprint density at radius 3 is 2.62 bits per heavy atom. The molecule has 0 spiro atoms. The topological polar surface area (TPSA) is 114 Å². The summed E-state index contributed by atoms with van der Waals surface area (Å²) in [5.41, 5.74) is 0. The number of amides is 4. The molecule has 1 aliphatic heterocycles. The number of rotatable bonds is 10. The summed E-state index contributed by atoms with van der Waals surface area (Å²) >= 11 is 1.51. The zero-order valence-corrected chi connectivity index (χ0v) is 17.2. The molecule has 2 atom stereocenters. The monoisotopic (exact) mass is 423 g/mol. The van der Waals surface area contributed by atoms with Gasteiger partial charge in [0.15, 0.2) is 12.7 Å². The Kier molecular flexibility index (Phi) is 8.78. The van der Waals surface area contributed by atoms with Gasteiger partial charge in [0.1, 0.15) is 11.8 Å². The van der Waals surface area contributed by atoms with Gasteiger partial charge in [-0.1, -0.05) is 18.2 Å². The molecule has 1 aromatic rings. The Bertz CT molecular complexity index is 730. The molecule has 0 aromatic heterocycles. The van der Waals surface area contributed by atoms with Crippen LogP contribution in [0.2, 0.25) is 0 Å². The Morgan fingerprint density at radius 1 is 1.28 bits per heavy atom. The van der Waals surface area contributed by atoms with Gasteiger partial charge in [0, 0.05) is 13.1 Å². The molecule has 2 N–H and O–H groups in total. The normalized spacial score (nSPS) is 15.2. The second-order valence-corrected chi connectivity index (χ2v) is 7.29. The number of carbonyl (C=O) groups is 4. The van der Waals surface area contributed by atoms with Crippen LogP contribution in [0, 0.1) is 0 Å². The second-order valence-electron chi connectivity index (χ2n) is 6.30. The van der Waals surface area contributed by atoms with Crippen LogP contribution in [0.4, 0.5) is 4.79 Å². The number of nitrogens with one attached hydrogen (secondary N) is 2. The van der Waals surface area contributed by atoms with Crippen molar-refractivity contribution in [3.63, 3.8) is 0 Å². The summed E-state index contributed by atoms with van der Waals surface area (Å²) in [5, 5.41) is 5.10. The first-order chi connectivity index (χ1) is 13.9. The molecule has 0 aliphatic carbocycles. The van der Waals surface area contributed by atoms with Gasteiger partial charge in [-0.25, -0.2) is 9.59 Å². The first-order valence-electron chi connectivity index (χ1n) is 9.18. The van der Waals surface area contributed by atoms with Crippen LogP contribution in [0.3, 0.4) is 0 Å². The third-order valence-electron chi connectivity index (χ3n) is 4.11. The standard InChI is InChI=1S/C19H25N3O6S/c1-13(17(24)22-10-9-20-19(22)26)28-18(25)15(8-11-29-2)21-16(23)12-27-14-6-4-3-5-7-14/h3-7,13,15H,8-12H2,1-2H3,(H,20,26)(H,21,23)/t13-,15+/m0/s1. The van der Waals surface area contributed by atoms with E-state index in [9.17, 15) is 19.2 Å². The number of hydrogen-bond donors (Lipinski definition) is 2. The first-order valence-corrected chi connectivity index (χ1v) is 10.6. The predicted molar refractivity (Wildman–Crippen MR) is 108 cm³/mol. The minimum absolute atomic E-state index is 0.225. The van der Waals surface area contributed by atoms with Crippen LogP contribution in [0.25, 0.3) is 0 Å². The maximum absolute atomic E-state index is 12.5. The van der Waals surface area contributed by atoms with Gasteiger partial charge in [-0.15, -0.1) is 0 Å². The number of hydrogen-bond acceptors (Lipinski definition) is 7. The molecule has 0 radical (unpaired) electrons. The number of carbonyl (C=O) groups excluding carboxylic acids is 4. The van der Waals surface area contributed by atoms with Gasteiger partial charge < -0.3 is 20.1 Å². The summed E-state index contributed by atoms with van der Waals surface area (Å²) in [4.78, 5) is 49.6. The minimum atomic E-state index is -1.14. The average Bonchev–Trinajstić information content (AvgIpc) is 3.15. The lowest BCUT2D eigenvalue weighted by atomic mass is 10.2. The molecule has 4 amide bonds. The number of para-hydroxylation sites is 1. The molecule has 29 heavy (non-hydrogen) atoms. The van der Waals surface area contributed by atoms with Crippen LogP contribution in [0.5, 0.6) is 5.75 Å².